The van der Waals surface area contributed by atoms with E-state index >= 15 is 0 Å². The molecule has 0 bridgehead atoms. The summed E-state index contributed by atoms with van der Waals surface area (Å²) in [4.78, 5) is 25.2. The molecular weight excluding hydrogens is 329 g/mol. The van der Waals surface area contributed by atoms with Crippen molar-refractivity contribution in [3.8, 4) is 0 Å². The number of carbonyl (C=O) groups excluding carboxylic acids is 2. The zero-order valence-electron chi connectivity index (χ0n) is 13.2. The number of hydrogen-bond donors (Lipinski definition) is 3. The van der Waals surface area contributed by atoms with Crippen molar-refractivity contribution >= 4 is 29.0 Å². The predicted octanol–water partition coefficient (Wildman–Crippen LogP) is 3.45. The molecule has 7 heteroatoms. The SMILES string of the molecule is CNC(=O)c1cc(NC(=O)N[C@H]2CCCc3sccc32)ccc1F. The van der Waals surface area contributed by atoms with Crippen molar-refractivity contribution in [3.05, 3.63) is 51.5 Å². The molecule has 3 rings (SSSR count). The number of benzene rings is 1. The third-order valence-electron chi connectivity index (χ3n) is 4.05. The fraction of sp³-hybridized carbons (Fsp3) is 0.294. The fourth-order valence-corrected chi connectivity index (χ4v) is 3.86. The smallest absolute Gasteiger partial charge is 0.319 e. The monoisotopic (exact) mass is 347 g/mol. The molecule has 3 N–H and O–H groups in total. The van der Waals surface area contributed by atoms with Gasteiger partial charge in [0.25, 0.3) is 5.91 Å². The number of anilines is 1. The van der Waals surface area contributed by atoms with Crippen LogP contribution >= 0.6 is 11.3 Å². The van der Waals surface area contributed by atoms with Crippen LogP contribution in [0.2, 0.25) is 0 Å². The summed E-state index contributed by atoms with van der Waals surface area (Å²) in [6, 6.07) is 5.58. The topological polar surface area (TPSA) is 70.2 Å². The average molecular weight is 347 g/mol. The highest BCUT2D eigenvalue weighted by Crippen LogP contribution is 2.33. The molecule has 2 aromatic rings. The Morgan fingerprint density at radius 1 is 1.29 bits per heavy atom. The quantitative estimate of drug-likeness (QED) is 0.796. The number of carbonyl (C=O) groups is 2. The van der Waals surface area contributed by atoms with E-state index < -0.39 is 11.7 Å². The molecule has 0 aliphatic heterocycles. The number of aryl methyl sites for hydroxylation is 1. The van der Waals surface area contributed by atoms with Crippen molar-refractivity contribution < 1.29 is 14.0 Å². The van der Waals surface area contributed by atoms with E-state index in [9.17, 15) is 14.0 Å². The van der Waals surface area contributed by atoms with Crippen LogP contribution in [-0.4, -0.2) is 19.0 Å². The number of amides is 3. The number of urea groups is 1. The van der Waals surface area contributed by atoms with Crippen LogP contribution in [0.3, 0.4) is 0 Å². The zero-order chi connectivity index (χ0) is 17.1. The van der Waals surface area contributed by atoms with Crippen LogP contribution in [0, 0.1) is 5.82 Å². The van der Waals surface area contributed by atoms with Gasteiger partial charge in [-0.05, 0) is 54.5 Å². The van der Waals surface area contributed by atoms with E-state index in [0.29, 0.717) is 5.69 Å². The van der Waals surface area contributed by atoms with E-state index in [1.54, 1.807) is 11.3 Å². The van der Waals surface area contributed by atoms with Gasteiger partial charge in [0.1, 0.15) is 5.82 Å². The maximum absolute atomic E-state index is 13.7. The number of fused-ring (bicyclic) bond motifs is 1. The molecule has 1 aromatic carbocycles. The molecule has 1 aliphatic rings. The van der Waals surface area contributed by atoms with Gasteiger partial charge in [-0.1, -0.05) is 0 Å². The minimum Gasteiger partial charge on any atom is -0.355 e. The molecule has 0 radical (unpaired) electrons. The van der Waals surface area contributed by atoms with Gasteiger partial charge in [-0.2, -0.15) is 0 Å². The van der Waals surface area contributed by atoms with Crippen molar-refractivity contribution in [1.82, 2.24) is 10.6 Å². The first-order valence-electron chi connectivity index (χ1n) is 7.74. The Morgan fingerprint density at radius 3 is 2.92 bits per heavy atom. The molecule has 0 saturated heterocycles. The fourth-order valence-electron chi connectivity index (χ4n) is 2.87. The molecule has 0 spiro atoms. The summed E-state index contributed by atoms with van der Waals surface area (Å²) < 4.78 is 13.7. The number of rotatable bonds is 3. The van der Waals surface area contributed by atoms with Crippen LogP contribution in [0.4, 0.5) is 14.9 Å². The van der Waals surface area contributed by atoms with Gasteiger partial charge in [-0.3, -0.25) is 4.79 Å². The Labute approximate surface area is 143 Å². The maximum Gasteiger partial charge on any atom is 0.319 e. The first-order valence-corrected chi connectivity index (χ1v) is 8.62. The van der Waals surface area contributed by atoms with E-state index in [2.05, 4.69) is 16.0 Å². The first kappa shape index (κ1) is 16.4. The molecule has 1 heterocycles. The summed E-state index contributed by atoms with van der Waals surface area (Å²) in [5, 5.41) is 10.0. The molecule has 0 fully saturated rings. The Hall–Kier alpha value is -2.41. The second-order valence-electron chi connectivity index (χ2n) is 5.62. The van der Waals surface area contributed by atoms with Crippen molar-refractivity contribution in [1.29, 1.82) is 0 Å². The summed E-state index contributed by atoms with van der Waals surface area (Å²) in [5.41, 5.74) is 1.44. The van der Waals surface area contributed by atoms with E-state index in [4.69, 9.17) is 0 Å². The summed E-state index contributed by atoms with van der Waals surface area (Å²) >= 11 is 1.71. The number of thiophene rings is 1. The van der Waals surface area contributed by atoms with Crippen molar-refractivity contribution in [2.45, 2.75) is 25.3 Å². The van der Waals surface area contributed by atoms with Gasteiger partial charge in [-0.15, -0.1) is 11.3 Å². The van der Waals surface area contributed by atoms with Crippen molar-refractivity contribution in [3.63, 3.8) is 0 Å². The summed E-state index contributed by atoms with van der Waals surface area (Å²) in [6.07, 6.45) is 2.99. The van der Waals surface area contributed by atoms with Crippen LogP contribution in [0.25, 0.3) is 0 Å². The molecule has 126 valence electrons. The van der Waals surface area contributed by atoms with Gasteiger partial charge < -0.3 is 16.0 Å². The molecule has 3 amide bonds. The highest BCUT2D eigenvalue weighted by molar-refractivity contribution is 7.10. The van der Waals surface area contributed by atoms with Crippen molar-refractivity contribution in [2.75, 3.05) is 12.4 Å². The normalized spacial score (nSPS) is 16.2. The first-order chi connectivity index (χ1) is 11.6. The highest BCUT2D eigenvalue weighted by atomic mass is 32.1. The van der Waals surface area contributed by atoms with Crippen LogP contribution in [0.1, 0.15) is 39.7 Å². The van der Waals surface area contributed by atoms with Crippen LogP contribution in [0.5, 0.6) is 0 Å². The lowest BCUT2D eigenvalue weighted by atomic mass is 9.94. The molecule has 24 heavy (non-hydrogen) atoms. The molecular formula is C17H18FN3O2S. The van der Waals surface area contributed by atoms with Crippen LogP contribution < -0.4 is 16.0 Å². The number of hydrogen-bond acceptors (Lipinski definition) is 3. The molecule has 1 atom stereocenters. The third-order valence-corrected chi connectivity index (χ3v) is 5.05. The van der Waals surface area contributed by atoms with Gasteiger partial charge >= 0.3 is 6.03 Å². The maximum atomic E-state index is 13.7. The summed E-state index contributed by atoms with van der Waals surface area (Å²) in [5.74, 6) is -1.16. The summed E-state index contributed by atoms with van der Waals surface area (Å²) in [7, 11) is 1.43. The van der Waals surface area contributed by atoms with Gasteiger partial charge in [0.05, 0.1) is 11.6 Å². The van der Waals surface area contributed by atoms with E-state index in [1.165, 1.54) is 29.6 Å². The number of halogens is 1. The molecule has 1 aromatic heterocycles. The van der Waals surface area contributed by atoms with E-state index in [0.717, 1.165) is 25.3 Å². The Balaban J connectivity index is 1.69. The van der Waals surface area contributed by atoms with E-state index in [1.807, 2.05) is 11.4 Å². The Kier molecular flexibility index (Phi) is 4.80. The molecule has 1 aliphatic carbocycles. The minimum absolute atomic E-state index is 0.0149. The standard InChI is InChI=1S/C17H18FN3O2S/c1-19-16(22)12-9-10(5-6-13(12)18)20-17(23)21-14-3-2-4-15-11(14)7-8-24-15/h5-9,14H,2-4H2,1H3,(H,19,22)(H2,20,21,23)/t14-/m0/s1. The Bertz CT molecular complexity index is 775. The minimum atomic E-state index is -0.629. The zero-order valence-corrected chi connectivity index (χ0v) is 14.0. The third kappa shape index (κ3) is 3.41. The van der Waals surface area contributed by atoms with Crippen molar-refractivity contribution in [2.24, 2.45) is 0 Å². The van der Waals surface area contributed by atoms with Gasteiger partial charge in [0, 0.05) is 17.6 Å². The molecule has 0 saturated carbocycles. The van der Waals surface area contributed by atoms with Crippen LogP contribution in [-0.2, 0) is 6.42 Å². The lowest BCUT2D eigenvalue weighted by molar-refractivity contribution is 0.0959. The average Bonchev–Trinajstić information content (AvgIpc) is 3.05. The van der Waals surface area contributed by atoms with Gasteiger partial charge in [-0.25, -0.2) is 9.18 Å². The highest BCUT2D eigenvalue weighted by Gasteiger charge is 2.22. The second kappa shape index (κ2) is 7.00. The lowest BCUT2D eigenvalue weighted by Gasteiger charge is -2.23. The van der Waals surface area contributed by atoms with Crippen LogP contribution in [0.15, 0.2) is 29.6 Å². The molecule has 5 nitrogen and oxygen atoms in total. The van der Waals surface area contributed by atoms with Gasteiger partial charge in [0.15, 0.2) is 0 Å². The lowest BCUT2D eigenvalue weighted by Crippen LogP contribution is -2.34. The largest absolute Gasteiger partial charge is 0.355 e. The van der Waals surface area contributed by atoms with Gasteiger partial charge in [0.2, 0.25) is 0 Å². The van der Waals surface area contributed by atoms with E-state index in [-0.39, 0.29) is 17.6 Å². The molecule has 0 unspecified atom stereocenters. The summed E-state index contributed by atoms with van der Waals surface area (Å²) in [6.45, 7) is 0. The number of nitrogens with one attached hydrogen (secondary N) is 3. The Morgan fingerprint density at radius 2 is 2.12 bits per heavy atom. The predicted molar refractivity (Wildman–Crippen MR) is 91.9 cm³/mol. The second-order valence-corrected chi connectivity index (χ2v) is 6.62.